The first-order chi connectivity index (χ1) is 23.9. The van der Waals surface area contributed by atoms with Crippen LogP contribution in [0.2, 0.25) is 0 Å². The van der Waals surface area contributed by atoms with Gasteiger partial charge in [-0.1, -0.05) is 30.3 Å². The molecular weight excluding hydrogens is 652 g/mol. The van der Waals surface area contributed by atoms with E-state index >= 15 is 4.39 Å². The van der Waals surface area contributed by atoms with Crippen LogP contribution in [0.1, 0.15) is 50.2 Å². The number of nitrogens with zero attached hydrogens (tertiary/aromatic N) is 3. The summed E-state index contributed by atoms with van der Waals surface area (Å²) >= 11 is 1.24. The normalized spacial score (nSPS) is 12.4. The number of thiazole rings is 1. The number of para-hydroxylation sites is 2. The number of furan rings is 2. The Hall–Kier alpha value is -5.75. The van der Waals surface area contributed by atoms with Crippen molar-refractivity contribution in [2.24, 2.45) is 0 Å². The van der Waals surface area contributed by atoms with E-state index in [1.54, 1.807) is 41.9 Å². The third kappa shape index (κ3) is 7.09. The summed E-state index contributed by atoms with van der Waals surface area (Å²) in [6.45, 7) is 0.384. The third-order valence-corrected chi connectivity index (χ3v) is 8.72. The summed E-state index contributed by atoms with van der Waals surface area (Å²) in [4.78, 5) is 34.8. The van der Waals surface area contributed by atoms with Gasteiger partial charge < -0.3 is 23.2 Å². The van der Waals surface area contributed by atoms with Gasteiger partial charge in [-0.15, -0.1) is 11.3 Å². The molecule has 248 valence electrons. The number of fused-ring (bicyclic) bond motifs is 1. The van der Waals surface area contributed by atoms with Crippen molar-refractivity contribution in [3.05, 3.63) is 148 Å². The Morgan fingerprint density at radius 1 is 0.878 bits per heavy atom. The largest absolute Gasteiger partial charge is 0.486 e. The summed E-state index contributed by atoms with van der Waals surface area (Å²) in [5, 5.41) is 2.11. The van der Waals surface area contributed by atoms with Crippen LogP contribution >= 0.6 is 11.3 Å². The zero-order valence-electron chi connectivity index (χ0n) is 26.0. The zero-order chi connectivity index (χ0) is 33.7. The van der Waals surface area contributed by atoms with Crippen LogP contribution in [0.5, 0.6) is 11.5 Å². The lowest BCUT2D eigenvalue weighted by Gasteiger charge is -2.31. The summed E-state index contributed by atoms with van der Waals surface area (Å²) < 4.78 is 52.2. The van der Waals surface area contributed by atoms with Crippen LogP contribution in [-0.4, -0.2) is 23.3 Å². The van der Waals surface area contributed by atoms with E-state index in [1.165, 1.54) is 51.5 Å². The maximum absolute atomic E-state index is 15.3. The van der Waals surface area contributed by atoms with Gasteiger partial charge in [-0.25, -0.2) is 13.8 Å². The lowest BCUT2D eigenvalue weighted by molar-refractivity contribution is 0.0946. The van der Waals surface area contributed by atoms with Crippen molar-refractivity contribution >= 4 is 34.0 Å². The molecule has 4 heterocycles. The SMILES string of the molecule is O=C(c1ccc(COc2ccccc2F)o1)N(Cc1cc(F)cc2c1CCCN2C(=O)c1ccc(COc2ccccc2)o1)c1nccs1. The van der Waals surface area contributed by atoms with Gasteiger partial charge in [0, 0.05) is 18.1 Å². The molecule has 3 aromatic heterocycles. The van der Waals surface area contributed by atoms with Gasteiger partial charge in [0.25, 0.3) is 11.8 Å². The molecule has 0 saturated carbocycles. The number of halogens is 2. The van der Waals surface area contributed by atoms with Crippen LogP contribution in [-0.2, 0) is 26.2 Å². The monoisotopic (exact) mass is 681 g/mol. The van der Waals surface area contributed by atoms with E-state index in [0.29, 0.717) is 53.0 Å². The molecule has 7 rings (SSSR count). The van der Waals surface area contributed by atoms with Crippen LogP contribution in [0.15, 0.2) is 111 Å². The summed E-state index contributed by atoms with van der Waals surface area (Å²) in [7, 11) is 0. The first-order valence-corrected chi connectivity index (χ1v) is 16.4. The maximum Gasteiger partial charge on any atom is 0.296 e. The van der Waals surface area contributed by atoms with Crippen molar-refractivity contribution in [2.45, 2.75) is 32.6 Å². The van der Waals surface area contributed by atoms with E-state index in [1.807, 2.05) is 30.3 Å². The van der Waals surface area contributed by atoms with Gasteiger partial charge >= 0.3 is 0 Å². The van der Waals surface area contributed by atoms with Crippen molar-refractivity contribution < 1.29 is 36.7 Å². The first kappa shape index (κ1) is 31.8. The minimum Gasteiger partial charge on any atom is -0.486 e. The van der Waals surface area contributed by atoms with Crippen LogP contribution in [0.25, 0.3) is 0 Å². The Bertz CT molecular complexity index is 2080. The number of carbonyl (C=O) groups is 2. The molecule has 49 heavy (non-hydrogen) atoms. The Labute approximate surface area is 283 Å². The molecule has 0 radical (unpaired) electrons. The zero-order valence-corrected chi connectivity index (χ0v) is 26.8. The summed E-state index contributed by atoms with van der Waals surface area (Å²) in [5.41, 5.74) is 1.69. The van der Waals surface area contributed by atoms with Crippen LogP contribution in [0.4, 0.5) is 19.6 Å². The number of hydrogen-bond acceptors (Lipinski definition) is 8. The van der Waals surface area contributed by atoms with Gasteiger partial charge in [-0.2, -0.15) is 0 Å². The number of benzene rings is 3. The quantitative estimate of drug-likeness (QED) is 0.136. The van der Waals surface area contributed by atoms with Crippen molar-refractivity contribution in [3.63, 3.8) is 0 Å². The molecule has 1 aliphatic rings. The Morgan fingerprint density at radius 3 is 2.39 bits per heavy atom. The van der Waals surface area contributed by atoms with Gasteiger partial charge in [-0.3, -0.25) is 14.5 Å². The van der Waals surface area contributed by atoms with Gasteiger partial charge in [0.15, 0.2) is 28.2 Å². The second-order valence-corrected chi connectivity index (χ2v) is 12.1. The number of anilines is 2. The summed E-state index contributed by atoms with van der Waals surface area (Å²) in [6.07, 6.45) is 2.76. The fraction of sp³-hybridized carbons (Fsp3) is 0.162. The molecule has 0 atom stereocenters. The Morgan fingerprint density at radius 2 is 1.61 bits per heavy atom. The van der Waals surface area contributed by atoms with E-state index in [4.69, 9.17) is 18.3 Å². The third-order valence-electron chi connectivity index (χ3n) is 7.93. The van der Waals surface area contributed by atoms with Gasteiger partial charge in [0.05, 0.1) is 12.2 Å². The highest BCUT2D eigenvalue weighted by Gasteiger charge is 2.30. The second-order valence-electron chi connectivity index (χ2n) is 11.2. The number of ether oxygens (including phenoxy) is 2. The molecule has 3 aromatic carbocycles. The van der Waals surface area contributed by atoms with Gasteiger partial charge in [0.1, 0.15) is 36.3 Å². The van der Waals surface area contributed by atoms with E-state index in [2.05, 4.69) is 4.98 Å². The van der Waals surface area contributed by atoms with Crippen LogP contribution < -0.4 is 19.3 Å². The van der Waals surface area contributed by atoms with E-state index in [-0.39, 0.29) is 37.0 Å². The van der Waals surface area contributed by atoms with Crippen molar-refractivity contribution in [2.75, 3.05) is 16.3 Å². The van der Waals surface area contributed by atoms with Gasteiger partial charge in [0.2, 0.25) is 0 Å². The number of amides is 2. The minimum atomic E-state index is -0.554. The lowest BCUT2D eigenvalue weighted by Crippen LogP contribution is -2.36. The van der Waals surface area contributed by atoms with Crippen LogP contribution in [0, 0.1) is 11.6 Å². The molecule has 2 amide bonds. The van der Waals surface area contributed by atoms with Crippen molar-refractivity contribution in [1.82, 2.24) is 4.98 Å². The average molecular weight is 682 g/mol. The van der Waals surface area contributed by atoms with Gasteiger partial charge in [-0.05, 0) is 84.6 Å². The highest BCUT2D eigenvalue weighted by atomic mass is 32.1. The minimum absolute atomic E-state index is 0.00859. The smallest absolute Gasteiger partial charge is 0.296 e. The molecule has 0 spiro atoms. The Balaban J connectivity index is 1.10. The molecule has 0 unspecified atom stereocenters. The first-order valence-electron chi connectivity index (χ1n) is 15.5. The highest BCUT2D eigenvalue weighted by Crippen LogP contribution is 2.35. The average Bonchev–Trinajstić information content (AvgIpc) is 3.92. The van der Waals surface area contributed by atoms with Crippen molar-refractivity contribution in [1.29, 1.82) is 0 Å². The number of hydrogen-bond donors (Lipinski definition) is 0. The maximum atomic E-state index is 15.3. The summed E-state index contributed by atoms with van der Waals surface area (Å²) in [6, 6.07) is 24.3. The molecule has 12 heteroatoms. The highest BCUT2D eigenvalue weighted by molar-refractivity contribution is 7.13. The van der Waals surface area contributed by atoms with E-state index in [0.717, 1.165) is 5.56 Å². The predicted octanol–water partition coefficient (Wildman–Crippen LogP) is 8.21. The second kappa shape index (κ2) is 14.2. The topological polar surface area (TPSA) is 98.2 Å². The fourth-order valence-corrected chi connectivity index (χ4v) is 6.27. The van der Waals surface area contributed by atoms with E-state index in [9.17, 15) is 14.0 Å². The number of carbonyl (C=O) groups excluding carboxylic acids is 2. The lowest BCUT2D eigenvalue weighted by atomic mass is 9.95. The molecular formula is C37H29F2N3O6S. The Kier molecular flexibility index (Phi) is 9.20. The molecule has 0 saturated heterocycles. The standard InChI is InChI=1S/C37H29F2N3O6S/c38-25-19-24(21-42(37-40-16-18-49-37)36(44)34-15-13-28(48-34)23-46-32-11-5-4-10-30(32)39)29-9-6-17-41(31(29)20-25)35(43)33-14-12-27(47-33)22-45-26-7-2-1-3-8-26/h1-5,7-8,10-16,18-20H,6,9,17,21-23H2. The molecule has 0 aliphatic carbocycles. The molecule has 0 bridgehead atoms. The molecule has 6 aromatic rings. The number of aromatic nitrogens is 1. The van der Waals surface area contributed by atoms with Crippen molar-refractivity contribution in [3.8, 4) is 11.5 Å². The summed E-state index contributed by atoms with van der Waals surface area (Å²) in [5.74, 6) is -0.338. The molecule has 0 N–H and O–H groups in total. The van der Waals surface area contributed by atoms with Crippen LogP contribution in [0.3, 0.4) is 0 Å². The number of rotatable bonds is 11. The molecule has 1 aliphatic heterocycles. The molecule has 0 fully saturated rings. The predicted molar refractivity (Wildman–Crippen MR) is 178 cm³/mol. The van der Waals surface area contributed by atoms with E-state index < -0.39 is 23.4 Å². The molecule has 9 nitrogen and oxygen atoms in total. The fourth-order valence-electron chi connectivity index (χ4n) is 5.63.